The number of ether oxygens (including phenoxy) is 2. The second-order valence-corrected chi connectivity index (χ2v) is 3.11. The molecule has 0 aliphatic carbocycles. The van der Waals surface area contributed by atoms with Gasteiger partial charge in [0, 0.05) is 7.11 Å². The largest absolute Gasteiger partial charge is 0.460 e. The van der Waals surface area contributed by atoms with Crippen LogP contribution in [-0.2, 0) is 9.47 Å². The average molecular weight is 212 g/mol. The van der Waals surface area contributed by atoms with E-state index in [1.165, 1.54) is 19.2 Å². The van der Waals surface area contributed by atoms with Crippen LogP contribution in [0.3, 0.4) is 0 Å². The van der Waals surface area contributed by atoms with Gasteiger partial charge in [-0.15, -0.1) is 0 Å². The molecule has 0 aliphatic heterocycles. The van der Waals surface area contributed by atoms with E-state index in [1.54, 1.807) is 13.0 Å². The molecular formula is C11H13FO3. The van der Waals surface area contributed by atoms with Crippen molar-refractivity contribution in [3.63, 3.8) is 0 Å². The van der Waals surface area contributed by atoms with Crippen LogP contribution in [0.2, 0.25) is 0 Å². The van der Waals surface area contributed by atoms with E-state index < -0.39 is 11.8 Å². The molecule has 0 bridgehead atoms. The lowest BCUT2D eigenvalue weighted by Crippen LogP contribution is -2.11. The summed E-state index contributed by atoms with van der Waals surface area (Å²) >= 11 is 0. The fourth-order valence-electron chi connectivity index (χ4n) is 1.08. The normalized spacial score (nSPS) is 10.1. The van der Waals surface area contributed by atoms with Gasteiger partial charge in [0.1, 0.15) is 12.4 Å². The third kappa shape index (κ3) is 3.32. The van der Waals surface area contributed by atoms with Gasteiger partial charge in [-0.1, -0.05) is 6.07 Å². The number of hydrogen-bond acceptors (Lipinski definition) is 3. The monoisotopic (exact) mass is 212 g/mol. The van der Waals surface area contributed by atoms with Crippen LogP contribution in [0.15, 0.2) is 18.2 Å². The number of carbonyl (C=O) groups excluding carboxylic acids is 1. The predicted octanol–water partition coefficient (Wildman–Crippen LogP) is 1.94. The van der Waals surface area contributed by atoms with E-state index in [-0.39, 0.29) is 12.2 Å². The van der Waals surface area contributed by atoms with Gasteiger partial charge in [0.15, 0.2) is 0 Å². The quantitative estimate of drug-likeness (QED) is 0.565. The molecule has 0 amide bonds. The third-order valence-corrected chi connectivity index (χ3v) is 1.87. The molecule has 0 aliphatic rings. The zero-order valence-corrected chi connectivity index (χ0v) is 8.75. The maximum atomic E-state index is 13.3. The summed E-state index contributed by atoms with van der Waals surface area (Å²) in [4.78, 5) is 11.3. The van der Waals surface area contributed by atoms with E-state index in [0.29, 0.717) is 6.61 Å². The second-order valence-electron chi connectivity index (χ2n) is 3.11. The molecule has 4 heteroatoms. The smallest absolute Gasteiger partial charge is 0.341 e. The number of carbonyl (C=O) groups is 1. The van der Waals surface area contributed by atoms with Crippen molar-refractivity contribution < 1.29 is 18.7 Å². The van der Waals surface area contributed by atoms with Crippen LogP contribution >= 0.6 is 0 Å². The molecule has 0 fully saturated rings. The van der Waals surface area contributed by atoms with Crippen LogP contribution in [0.4, 0.5) is 4.39 Å². The molecule has 0 saturated heterocycles. The molecule has 15 heavy (non-hydrogen) atoms. The van der Waals surface area contributed by atoms with Crippen molar-refractivity contribution in [2.75, 3.05) is 20.3 Å². The van der Waals surface area contributed by atoms with Crippen molar-refractivity contribution in [3.8, 4) is 0 Å². The lowest BCUT2D eigenvalue weighted by molar-refractivity contribution is 0.0383. The van der Waals surface area contributed by atoms with Gasteiger partial charge in [-0.2, -0.15) is 0 Å². The molecule has 0 aromatic heterocycles. The first kappa shape index (κ1) is 11.7. The zero-order chi connectivity index (χ0) is 11.3. The Hall–Kier alpha value is -1.42. The van der Waals surface area contributed by atoms with Crippen molar-refractivity contribution >= 4 is 5.97 Å². The number of hydrogen-bond donors (Lipinski definition) is 0. The van der Waals surface area contributed by atoms with Crippen LogP contribution in [0.5, 0.6) is 0 Å². The number of aryl methyl sites for hydroxylation is 1. The summed E-state index contributed by atoms with van der Waals surface area (Å²) < 4.78 is 22.8. The first-order valence-corrected chi connectivity index (χ1v) is 4.57. The summed E-state index contributed by atoms with van der Waals surface area (Å²) in [6.45, 7) is 2.19. The van der Waals surface area contributed by atoms with Gasteiger partial charge in [-0.25, -0.2) is 9.18 Å². The average Bonchev–Trinajstić information content (AvgIpc) is 2.17. The van der Waals surface area contributed by atoms with Crippen LogP contribution in [0, 0.1) is 12.7 Å². The molecular weight excluding hydrogens is 199 g/mol. The van der Waals surface area contributed by atoms with E-state index in [0.717, 1.165) is 5.56 Å². The van der Waals surface area contributed by atoms with E-state index in [4.69, 9.17) is 9.47 Å². The van der Waals surface area contributed by atoms with Crippen molar-refractivity contribution in [2.45, 2.75) is 6.92 Å². The van der Waals surface area contributed by atoms with Crippen molar-refractivity contribution in [1.29, 1.82) is 0 Å². The Bertz CT molecular complexity index is 350. The fourth-order valence-corrected chi connectivity index (χ4v) is 1.08. The summed E-state index contributed by atoms with van der Waals surface area (Å²) in [5, 5.41) is 0. The molecule has 1 aromatic carbocycles. The molecule has 1 rings (SSSR count). The predicted molar refractivity (Wildman–Crippen MR) is 53.3 cm³/mol. The Labute approximate surface area is 87.8 Å². The maximum Gasteiger partial charge on any atom is 0.341 e. The SMILES string of the molecule is COCCOC(=O)c1ccc(C)cc1F. The molecule has 0 saturated carbocycles. The van der Waals surface area contributed by atoms with Crippen LogP contribution in [0.25, 0.3) is 0 Å². The zero-order valence-electron chi connectivity index (χ0n) is 8.75. The number of benzene rings is 1. The van der Waals surface area contributed by atoms with Gasteiger partial charge >= 0.3 is 5.97 Å². The standard InChI is InChI=1S/C11H13FO3/c1-8-3-4-9(10(12)7-8)11(13)15-6-5-14-2/h3-4,7H,5-6H2,1-2H3. The summed E-state index contributed by atoms with van der Waals surface area (Å²) in [6.07, 6.45) is 0. The van der Waals surface area contributed by atoms with Crippen molar-refractivity contribution in [1.82, 2.24) is 0 Å². The number of halogens is 1. The second kappa shape index (κ2) is 5.46. The number of rotatable bonds is 4. The highest BCUT2D eigenvalue weighted by Crippen LogP contribution is 2.10. The van der Waals surface area contributed by atoms with E-state index in [1.807, 2.05) is 0 Å². The highest BCUT2D eigenvalue weighted by Gasteiger charge is 2.12. The summed E-state index contributed by atoms with van der Waals surface area (Å²) in [5.74, 6) is -1.22. The Kier molecular flexibility index (Phi) is 4.24. The topological polar surface area (TPSA) is 35.5 Å². The van der Waals surface area contributed by atoms with Crippen LogP contribution in [-0.4, -0.2) is 26.3 Å². The molecule has 1 aromatic rings. The van der Waals surface area contributed by atoms with Crippen molar-refractivity contribution in [3.05, 3.63) is 35.1 Å². The number of methoxy groups -OCH3 is 1. The minimum atomic E-state index is -0.662. The van der Waals surface area contributed by atoms with Gasteiger partial charge in [0.05, 0.1) is 12.2 Å². The fraction of sp³-hybridized carbons (Fsp3) is 0.364. The first-order valence-electron chi connectivity index (χ1n) is 4.57. The highest BCUT2D eigenvalue weighted by atomic mass is 19.1. The summed E-state index contributed by atoms with van der Waals surface area (Å²) in [7, 11) is 1.50. The third-order valence-electron chi connectivity index (χ3n) is 1.87. The molecule has 82 valence electrons. The van der Waals surface area contributed by atoms with Gasteiger partial charge in [0.25, 0.3) is 0 Å². The minimum Gasteiger partial charge on any atom is -0.460 e. The maximum absolute atomic E-state index is 13.3. The van der Waals surface area contributed by atoms with Gasteiger partial charge < -0.3 is 9.47 Å². The molecule has 0 radical (unpaired) electrons. The lowest BCUT2D eigenvalue weighted by Gasteiger charge is -2.05. The van der Waals surface area contributed by atoms with Gasteiger partial charge in [-0.3, -0.25) is 0 Å². The summed E-state index contributed by atoms with van der Waals surface area (Å²) in [6, 6.07) is 4.38. The first-order chi connectivity index (χ1) is 7.15. The Morgan fingerprint density at radius 2 is 2.13 bits per heavy atom. The van der Waals surface area contributed by atoms with Crippen LogP contribution < -0.4 is 0 Å². The molecule has 0 N–H and O–H groups in total. The molecule has 3 nitrogen and oxygen atoms in total. The molecule has 0 spiro atoms. The van der Waals surface area contributed by atoms with E-state index in [2.05, 4.69) is 0 Å². The Morgan fingerprint density at radius 1 is 1.40 bits per heavy atom. The van der Waals surface area contributed by atoms with E-state index >= 15 is 0 Å². The number of esters is 1. The summed E-state index contributed by atoms with van der Waals surface area (Å²) in [5.41, 5.74) is 0.720. The van der Waals surface area contributed by atoms with Crippen molar-refractivity contribution in [2.24, 2.45) is 0 Å². The molecule has 0 unspecified atom stereocenters. The van der Waals surface area contributed by atoms with Gasteiger partial charge in [-0.05, 0) is 24.6 Å². The van der Waals surface area contributed by atoms with Crippen LogP contribution in [0.1, 0.15) is 15.9 Å². The van der Waals surface area contributed by atoms with Gasteiger partial charge in [0.2, 0.25) is 0 Å². The minimum absolute atomic E-state index is 0.0447. The highest BCUT2D eigenvalue weighted by molar-refractivity contribution is 5.89. The Balaban J connectivity index is 2.65. The molecule has 0 heterocycles. The lowest BCUT2D eigenvalue weighted by atomic mass is 10.1. The van der Waals surface area contributed by atoms with E-state index in [9.17, 15) is 9.18 Å². The molecule has 0 atom stereocenters. The Morgan fingerprint density at radius 3 is 2.73 bits per heavy atom.